The number of ether oxygens (including phenoxy) is 6. The van der Waals surface area contributed by atoms with Gasteiger partial charge in [-0.2, -0.15) is 0 Å². The van der Waals surface area contributed by atoms with Gasteiger partial charge in [0.1, 0.15) is 36.4 Å². The zero-order chi connectivity index (χ0) is 105. The van der Waals surface area contributed by atoms with Gasteiger partial charge in [0, 0.05) is 148 Å². The highest BCUT2D eigenvalue weighted by Gasteiger charge is 2.50. The number of carbonyl (C=O) groups is 10. The maximum absolute atomic E-state index is 14.8. The fraction of sp³-hybridized carbons (Fsp3) is 0.548. The number of likely N-dealkylation sites (tertiary alicyclic amines) is 2. The van der Waals surface area contributed by atoms with E-state index in [0.29, 0.717) is 45.2 Å². The smallest absolute Gasteiger partial charge is 0.410 e. The van der Waals surface area contributed by atoms with E-state index in [4.69, 9.17) is 34.2 Å². The number of likely N-dealkylation sites (N-methyl/N-ethyl adjacent to an activating group) is 4. The number of hydrogen-bond donors (Lipinski definition) is 4. The second-order valence-corrected chi connectivity index (χ2v) is 43.0. The number of carbonyl (C=O) groups excluding carboxylic acids is 9. The van der Waals surface area contributed by atoms with Crippen molar-refractivity contribution in [2.75, 3.05) is 82.9 Å². The number of ketones is 3. The van der Waals surface area contributed by atoms with Gasteiger partial charge in [0.15, 0.2) is 5.78 Å². The molecule has 0 spiro atoms. The van der Waals surface area contributed by atoms with Crippen LogP contribution in [-0.2, 0) is 79.6 Å². The molecule has 4 aliphatic rings. The number of nitrogens with zero attached hydrogens (tertiary/aromatic N) is 8. The first kappa shape index (κ1) is 119. The van der Waals surface area contributed by atoms with Crippen LogP contribution in [0.3, 0.4) is 0 Å². The van der Waals surface area contributed by atoms with E-state index in [1.54, 1.807) is 84.3 Å². The van der Waals surface area contributed by atoms with E-state index in [-0.39, 0.29) is 125 Å². The molecule has 2 aromatic heterocycles. The highest BCUT2D eigenvalue weighted by atomic mass is 32.1. The van der Waals surface area contributed by atoms with E-state index in [1.165, 1.54) is 77.4 Å². The minimum absolute atomic E-state index is 0. The summed E-state index contributed by atoms with van der Waals surface area (Å²) in [6, 6.07) is 49.7. The SMILES string of the molecule is C.C.CC[C@H](C)[C@@H]([C@@H](CC(=O)N1CCC[C@H]1[C@H](OC)[C@@H](C)C(=O)C[C@@H](Cc1ccccc1)c1nccs1)OC)N(C)C(=O)[C@@H](CC(=O)C(C)(C)N(C)C(=O)OCC1c2ccccc2-c2ccccc21)C(C)(C)O.CC[C@H](C)[C@@H]([C@@H](CC(=O)N1CCC[C@H]1[C@H](OC)[C@@H](C)C(=O)C[C@@H](Cc1ccccc1)c1nccs1)OC)N(C)C(=O)[C@@H](N)C(C)(C)O.CN(C(=O)OCC1c2ccccc2-c2ccccc21)C(C)(C)C(=O)O. The molecule has 12 rings (SSSR count). The number of rotatable bonds is 46. The number of hydrogen-bond acceptors (Lipinski definition) is 23. The average molecular weight is 2040 g/mol. The van der Waals surface area contributed by atoms with Crippen LogP contribution in [0.4, 0.5) is 9.59 Å². The second kappa shape index (κ2) is 53.7. The molecule has 0 unspecified atom stereocenters. The average Bonchev–Trinajstić information content (AvgIpc) is 1.61. The van der Waals surface area contributed by atoms with Crippen LogP contribution >= 0.6 is 22.7 Å². The van der Waals surface area contributed by atoms with Gasteiger partial charge in [-0.1, -0.05) is 227 Å². The van der Waals surface area contributed by atoms with Gasteiger partial charge in [-0.05, 0) is 161 Å². The van der Waals surface area contributed by atoms with Gasteiger partial charge >= 0.3 is 18.2 Å². The maximum atomic E-state index is 14.8. The van der Waals surface area contributed by atoms with Gasteiger partial charge in [-0.3, -0.25) is 43.4 Å². The number of carboxylic acids is 1. The molecule has 145 heavy (non-hydrogen) atoms. The summed E-state index contributed by atoms with van der Waals surface area (Å²) in [4.78, 5) is 155. The Balaban J connectivity index is 0.000000296. The minimum atomic E-state index is -1.65. The third-order valence-corrected chi connectivity index (χ3v) is 32.4. The van der Waals surface area contributed by atoms with E-state index >= 15 is 0 Å². The summed E-state index contributed by atoms with van der Waals surface area (Å²) in [5.41, 5.74) is 11.5. The van der Waals surface area contributed by atoms with Crippen LogP contribution in [0.1, 0.15) is 249 Å². The van der Waals surface area contributed by atoms with E-state index in [1.807, 2.05) is 171 Å². The van der Waals surface area contributed by atoms with Crippen LogP contribution in [-0.4, -0.2) is 274 Å². The summed E-state index contributed by atoms with van der Waals surface area (Å²) in [6.07, 6.45) is 5.84. The number of benzene rings is 6. The summed E-state index contributed by atoms with van der Waals surface area (Å²) < 4.78 is 35.5. The summed E-state index contributed by atoms with van der Waals surface area (Å²) in [5.74, 6) is -5.22. The van der Waals surface area contributed by atoms with Crippen molar-refractivity contribution >= 4 is 81.8 Å². The Hall–Kier alpha value is -10.8. The predicted octanol–water partition coefficient (Wildman–Crippen LogP) is 18.8. The standard InChI is InChI=1S/C57H76N4O9S.C36H56N4O6S.C20H21NO4.2CH4/c1-12-36(2)51(48(68-10)34-50(64)61-29-20-27-46(61)52(69-11)37(3)47(62)32-39(53-58-28-30-71-53)31-38-21-14-13-15-22-38)59(8)54(65)45(57(6,7)67)33-49(63)56(4,5)60(9)55(66)70-35-44-42-25-18-16-23-40(42)41-24-17-19-26-43(41)44;1-9-23(2)31(39(6)35(43)33(37)36(4,5)44)29(45-7)22-30(42)40-18-13-16-27(40)32(46-8)24(3)28(41)21-26(34-38-17-19-47-34)20-25-14-11-10-12-15-25;1-20(2,18(22)23)21(3)19(24)25-12-17-15-10-6-4-8-13(15)14-9-5-7-11-16(14)17;;/h13-19,21-26,28,30,36-37,39,44-46,48,51-52,67H,12,20,27,29,31-35H2,1-11H3;10-12,14-15,17,19,23-24,26-27,29,31-33,44H,9,13,16,18,20-22,37H2,1-8H3;4-11,17H,12H2,1-3H3,(H,22,23);2*1H4/t36-,37-,39+,45+,46-,48+,51-,52+;23-,24-,26+,27-,29+,31-,32+,33+;;;/m00.../s1. The summed E-state index contributed by atoms with van der Waals surface area (Å²) >= 11 is 3.11. The number of fused-ring (bicyclic) bond motifs is 6. The van der Waals surface area contributed by atoms with Crippen molar-refractivity contribution in [2.24, 2.45) is 35.3 Å². The molecule has 792 valence electrons. The Morgan fingerprint density at radius 2 is 0.800 bits per heavy atom. The lowest BCUT2D eigenvalue weighted by Gasteiger charge is -2.42. The molecular formula is C115H161N9O19S2. The molecule has 0 bridgehead atoms. The Labute approximate surface area is 868 Å². The highest BCUT2D eigenvalue weighted by molar-refractivity contribution is 7.09. The minimum Gasteiger partial charge on any atom is -0.480 e. The Bertz CT molecular complexity index is 5450. The molecule has 2 saturated heterocycles. The largest absolute Gasteiger partial charge is 0.480 e. The van der Waals surface area contributed by atoms with Crippen LogP contribution in [0, 0.1) is 29.6 Å². The monoisotopic (exact) mass is 2040 g/mol. The molecule has 28 nitrogen and oxygen atoms in total. The number of carboxylic acid groups (broad SMARTS) is 1. The van der Waals surface area contributed by atoms with Crippen molar-refractivity contribution in [1.29, 1.82) is 0 Å². The molecule has 6 amide bonds. The van der Waals surface area contributed by atoms with Crippen molar-refractivity contribution < 1.29 is 91.7 Å². The molecule has 2 aliphatic heterocycles. The molecule has 4 heterocycles. The normalized spacial score (nSPS) is 17.4. The second-order valence-electron chi connectivity index (χ2n) is 41.1. The van der Waals surface area contributed by atoms with Crippen molar-refractivity contribution in [2.45, 2.75) is 296 Å². The van der Waals surface area contributed by atoms with Crippen LogP contribution in [0.15, 0.2) is 181 Å². The number of Topliss-reactive ketones (excluding diaryl/α,β-unsaturated/α-hetero) is 3. The van der Waals surface area contributed by atoms with E-state index in [2.05, 4.69) is 58.5 Å². The molecule has 8 aromatic rings. The fourth-order valence-corrected chi connectivity index (χ4v) is 22.2. The summed E-state index contributed by atoms with van der Waals surface area (Å²) in [7, 11) is 12.5. The van der Waals surface area contributed by atoms with E-state index in [0.717, 1.165) is 96.2 Å². The zero-order valence-corrected chi connectivity index (χ0v) is 89.2. The van der Waals surface area contributed by atoms with E-state index < -0.39 is 118 Å². The number of methoxy groups -OCH3 is 4. The summed E-state index contributed by atoms with van der Waals surface area (Å²) in [6.45, 7) is 25.3. The van der Waals surface area contributed by atoms with Gasteiger partial charge in [0.25, 0.3) is 0 Å². The molecular weight excluding hydrogens is 1880 g/mol. The van der Waals surface area contributed by atoms with Crippen LogP contribution in [0.5, 0.6) is 0 Å². The Kier molecular flexibility index (Phi) is 44.2. The molecule has 0 radical (unpaired) electrons. The van der Waals surface area contributed by atoms with Crippen LogP contribution < -0.4 is 5.73 Å². The lowest BCUT2D eigenvalue weighted by Crippen LogP contribution is -2.59. The summed E-state index contributed by atoms with van der Waals surface area (Å²) in [5, 5.41) is 37.0. The maximum Gasteiger partial charge on any atom is 0.410 e. The molecule has 5 N–H and O–H groups in total. The van der Waals surface area contributed by atoms with Crippen molar-refractivity contribution in [3.63, 3.8) is 0 Å². The first-order valence-electron chi connectivity index (χ1n) is 50.1. The number of aliphatic carboxylic acids is 1. The van der Waals surface area contributed by atoms with Crippen LogP contribution in [0.25, 0.3) is 22.3 Å². The first-order valence-corrected chi connectivity index (χ1v) is 51.9. The molecule has 16 atom stereocenters. The first-order chi connectivity index (χ1) is 67.8. The number of aromatic nitrogens is 2. The zero-order valence-electron chi connectivity index (χ0n) is 87.6. The number of aliphatic hydroxyl groups is 2. The predicted molar refractivity (Wildman–Crippen MR) is 570 cm³/mol. The Morgan fingerprint density at radius 1 is 0.462 bits per heavy atom. The third-order valence-electron chi connectivity index (χ3n) is 30.5. The molecule has 6 aromatic carbocycles. The molecule has 2 aliphatic carbocycles. The van der Waals surface area contributed by atoms with Crippen molar-refractivity contribution in [3.05, 3.63) is 224 Å². The highest BCUT2D eigenvalue weighted by Crippen LogP contribution is 2.48. The lowest BCUT2D eigenvalue weighted by molar-refractivity contribution is -0.155. The lowest BCUT2D eigenvalue weighted by atomic mass is 9.80. The van der Waals surface area contributed by atoms with Gasteiger partial charge < -0.3 is 69.1 Å². The van der Waals surface area contributed by atoms with Gasteiger partial charge in [-0.15, -0.1) is 22.7 Å². The third kappa shape index (κ3) is 29.0. The molecule has 2 fully saturated rings. The molecule has 30 heteroatoms. The topological polar surface area (TPSA) is 358 Å². The number of nitrogens with two attached hydrogens (primary N) is 1. The van der Waals surface area contributed by atoms with Gasteiger partial charge in [0.2, 0.25) is 23.6 Å². The van der Waals surface area contributed by atoms with Crippen molar-refractivity contribution in [1.82, 2.24) is 39.4 Å². The fourth-order valence-electron chi connectivity index (χ4n) is 20.7. The molecule has 0 saturated carbocycles. The van der Waals surface area contributed by atoms with E-state index in [9.17, 15) is 63.3 Å². The quantitative estimate of drug-likeness (QED) is 0.0275. The van der Waals surface area contributed by atoms with Gasteiger partial charge in [-0.25, -0.2) is 24.4 Å². The van der Waals surface area contributed by atoms with Gasteiger partial charge in [0.05, 0.1) is 94.1 Å². The number of thiazole rings is 2. The Morgan fingerprint density at radius 3 is 1.11 bits per heavy atom. The van der Waals surface area contributed by atoms with Crippen molar-refractivity contribution in [3.8, 4) is 22.3 Å². The number of amides is 6. The van der Waals surface area contributed by atoms with Crippen LogP contribution in [0.2, 0.25) is 0 Å².